The van der Waals surface area contributed by atoms with E-state index in [4.69, 9.17) is 16.3 Å². The molecule has 1 fully saturated rings. The van der Waals surface area contributed by atoms with Crippen LogP contribution >= 0.6 is 11.6 Å². The van der Waals surface area contributed by atoms with Crippen molar-refractivity contribution in [1.82, 2.24) is 4.90 Å². The predicted octanol–water partition coefficient (Wildman–Crippen LogP) is 4.34. The van der Waals surface area contributed by atoms with Crippen LogP contribution in [0.3, 0.4) is 0 Å². The van der Waals surface area contributed by atoms with Gasteiger partial charge < -0.3 is 4.74 Å². The predicted molar refractivity (Wildman–Crippen MR) is 94.7 cm³/mol. The van der Waals surface area contributed by atoms with Gasteiger partial charge in [-0.2, -0.15) is 0 Å². The fourth-order valence-corrected chi connectivity index (χ4v) is 3.87. The first kappa shape index (κ1) is 15.7. The van der Waals surface area contributed by atoms with Crippen molar-refractivity contribution >= 4 is 17.4 Å². The Labute approximate surface area is 147 Å². The van der Waals surface area contributed by atoms with Crippen LogP contribution in [-0.4, -0.2) is 29.4 Å². The van der Waals surface area contributed by atoms with Crippen molar-refractivity contribution in [2.45, 2.75) is 31.4 Å². The number of benzene rings is 2. The van der Waals surface area contributed by atoms with Gasteiger partial charge in [-0.3, -0.25) is 9.69 Å². The Morgan fingerprint density at radius 1 is 1.08 bits per heavy atom. The molecular weight excluding hydrogens is 322 g/mol. The second kappa shape index (κ2) is 6.23. The number of likely N-dealkylation sites (tertiary alicyclic amines) is 1. The number of carbonyl (C=O) groups is 1. The third-order valence-corrected chi connectivity index (χ3v) is 5.30. The highest BCUT2D eigenvalue weighted by molar-refractivity contribution is 6.30. The van der Waals surface area contributed by atoms with Crippen LogP contribution < -0.4 is 4.74 Å². The van der Waals surface area contributed by atoms with E-state index in [1.165, 1.54) is 5.56 Å². The highest BCUT2D eigenvalue weighted by atomic mass is 35.5. The van der Waals surface area contributed by atoms with Crippen molar-refractivity contribution in [3.05, 3.63) is 64.7 Å². The molecule has 2 aliphatic rings. The lowest BCUT2D eigenvalue weighted by Crippen LogP contribution is -2.50. The molecule has 124 valence electrons. The van der Waals surface area contributed by atoms with Crippen molar-refractivity contribution in [1.29, 1.82) is 0 Å². The van der Waals surface area contributed by atoms with Crippen LogP contribution in [0.4, 0.5) is 0 Å². The van der Waals surface area contributed by atoms with Gasteiger partial charge in [0.2, 0.25) is 0 Å². The van der Waals surface area contributed by atoms with Crippen molar-refractivity contribution < 1.29 is 9.53 Å². The molecule has 0 aromatic heterocycles. The van der Waals surface area contributed by atoms with Crippen LogP contribution in [0.15, 0.2) is 48.5 Å². The average molecular weight is 342 g/mol. The normalized spacial score (nSPS) is 19.8. The zero-order chi connectivity index (χ0) is 16.6. The minimum absolute atomic E-state index is 0.171. The number of piperidine rings is 1. The van der Waals surface area contributed by atoms with E-state index in [0.29, 0.717) is 22.8 Å². The molecule has 0 saturated carbocycles. The van der Waals surface area contributed by atoms with Gasteiger partial charge in [-0.1, -0.05) is 41.9 Å². The number of ether oxygens (including phenoxy) is 1. The topological polar surface area (TPSA) is 29.5 Å². The van der Waals surface area contributed by atoms with Crippen LogP contribution in [0, 0.1) is 0 Å². The molecule has 0 amide bonds. The summed E-state index contributed by atoms with van der Waals surface area (Å²) in [6.07, 6.45) is 2.22. The smallest absolute Gasteiger partial charge is 0.170 e. The molecule has 3 nitrogen and oxygen atoms in total. The number of carbonyl (C=O) groups excluding carboxylic acids is 1. The molecule has 0 bridgehead atoms. The molecule has 2 aliphatic heterocycles. The molecule has 2 aromatic carbocycles. The van der Waals surface area contributed by atoms with E-state index >= 15 is 0 Å². The summed E-state index contributed by atoms with van der Waals surface area (Å²) in [6.45, 7) is 2.84. The molecule has 0 N–H and O–H groups in total. The number of nitrogens with zero attached hydrogens (tertiary/aromatic N) is 1. The number of fused-ring (bicyclic) bond motifs is 1. The average Bonchev–Trinajstić information content (AvgIpc) is 2.58. The highest BCUT2D eigenvalue weighted by Crippen LogP contribution is 2.40. The SMILES string of the molecule is O=C1CC2(CCN(Cc3ccccc3)CC2)Oc2cc(Cl)ccc21. The van der Waals surface area contributed by atoms with Gasteiger partial charge in [-0.15, -0.1) is 0 Å². The number of hydrogen-bond acceptors (Lipinski definition) is 3. The van der Waals surface area contributed by atoms with Gasteiger partial charge in [-0.05, 0) is 23.8 Å². The second-order valence-electron chi connectivity index (χ2n) is 6.79. The molecule has 2 heterocycles. The van der Waals surface area contributed by atoms with Gasteiger partial charge in [-0.25, -0.2) is 0 Å². The monoisotopic (exact) mass is 341 g/mol. The maximum absolute atomic E-state index is 12.5. The van der Waals surface area contributed by atoms with E-state index < -0.39 is 0 Å². The summed E-state index contributed by atoms with van der Waals surface area (Å²) in [5, 5.41) is 0.611. The van der Waals surface area contributed by atoms with Gasteiger partial charge in [0.05, 0.1) is 12.0 Å². The second-order valence-corrected chi connectivity index (χ2v) is 7.22. The van der Waals surface area contributed by atoms with Gasteiger partial charge in [0, 0.05) is 37.5 Å². The summed E-state index contributed by atoms with van der Waals surface area (Å²) >= 11 is 6.07. The van der Waals surface area contributed by atoms with Crippen molar-refractivity contribution in [2.75, 3.05) is 13.1 Å². The van der Waals surface area contributed by atoms with Gasteiger partial charge in [0.1, 0.15) is 11.4 Å². The number of ketones is 1. The fourth-order valence-electron chi connectivity index (χ4n) is 3.71. The van der Waals surface area contributed by atoms with Crippen LogP contribution in [0.2, 0.25) is 5.02 Å². The van der Waals surface area contributed by atoms with Gasteiger partial charge in [0.15, 0.2) is 5.78 Å². The molecule has 4 rings (SSSR count). The lowest BCUT2D eigenvalue weighted by molar-refractivity contribution is -0.0107. The summed E-state index contributed by atoms with van der Waals surface area (Å²) in [5.74, 6) is 0.819. The van der Waals surface area contributed by atoms with Crippen molar-refractivity contribution in [3.8, 4) is 5.75 Å². The number of halogens is 1. The molecule has 0 radical (unpaired) electrons. The molecule has 4 heteroatoms. The summed E-state index contributed by atoms with van der Waals surface area (Å²) in [7, 11) is 0. The van der Waals surface area contributed by atoms with Gasteiger partial charge in [0.25, 0.3) is 0 Å². The Morgan fingerprint density at radius 3 is 2.58 bits per heavy atom. The third kappa shape index (κ3) is 3.06. The standard InChI is InChI=1S/C20H20ClNO2/c21-16-6-7-17-18(23)13-20(24-19(17)12-16)8-10-22(11-9-20)14-15-4-2-1-3-5-15/h1-7,12H,8-11,13-14H2. The molecule has 2 aromatic rings. The first-order valence-electron chi connectivity index (χ1n) is 8.42. The van der Waals surface area contributed by atoms with Crippen LogP contribution in [0.5, 0.6) is 5.75 Å². The molecule has 0 unspecified atom stereocenters. The summed E-state index contributed by atoms with van der Waals surface area (Å²) < 4.78 is 6.28. The number of Topliss-reactive ketones (excluding diaryl/α,β-unsaturated/α-hetero) is 1. The molecule has 24 heavy (non-hydrogen) atoms. The van der Waals surface area contributed by atoms with E-state index in [9.17, 15) is 4.79 Å². The summed E-state index contributed by atoms with van der Waals surface area (Å²) in [6, 6.07) is 15.8. The molecular formula is C20H20ClNO2. The first-order valence-corrected chi connectivity index (χ1v) is 8.79. The van der Waals surface area contributed by atoms with Crippen LogP contribution in [0.25, 0.3) is 0 Å². The maximum Gasteiger partial charge on any atom is 0.170 e. The third-order valence-electron chi connectivity index (χ3n) is 5.07. The van der Waals surface area contributed by atoms with Crippen molar-refractivity contribution in [2.24, 2.45) is 0 Å². The lowest BCUT2D eigenvalue weighted by atomic mass is 9.82. The molecule has 1 saturated heterocycles. The van der Waals surface area contributed by atoms with Gasteiger partial charge >= 0.3 is 0 Å². The molecule has 1 spiro atoms. The maximum atomic E-state index is 12.5. The summed E-state index contributed by atoms with van der Waals surface area (Å²) in [4.78, 5) is 14.9. The number of hydrogen-bond donors (Lipinski definition) is 0. The number of rotatable bonds is 2. The Bertz CT molecular complexity index is 751. The van der Waals surface area contributed by atoms with Crippen molar-refractivity contribution in [3.63, 3.8) is 0 Å². The Hall–Kier alpha value is -1.84. The Kier molecular flexibility index (Phi) is 4.07. The van der Waals surface area contributed by atoms with E-state index in [1.807, 2.05) is 6.07 Å². The zero-order valence-electron chi connectivity index (χ0n) is 13.5. The van der Waals surface area contributed by atoms with Crippen LogP contribution in [0.1, 0.15) is 35.2 Å². The highest BCUT2D eigenvalue weighted by Gasteiger charge is 2.42. The zero-order valence-corrected chi connectivity index (χ0v) is 14.3. The molecule has 0 aliphatic carbocycles. The minimum Gasteiger partial charge on any atom is -0.486 e. The van der Waals surface area contributed by atoms with E-state index in [1.54, 1.807) is 18.2 Å². The van der Waals surface area contributed by atoms with E-state index in [-0.39, 0.29) is 11.4 Å². The Balaban J connectivity index is 1.46. The van der Waals surface area contributed by atoms with E-state index in [0.717, 1.165) is 32.5 Å². The molecule has 0 atom stereocenters. The minimum atomic E-state index is -0.359. The summed E-state index contributed by atoms with van der Waals surface area (Å²) in [5.41, 5.74) is 1.63. The van der Waals surface area contributed by atoms with Crippen LogP contribution in [-0.2, 0) is 6.54 Å². The first-order chi connectivity index (χ1) is 11.6. The van der Waals surface area contributed by atoms with E-state index in [2.05, 4.69) is 29.2 Å². The fraction of sp³-hybridized carbons (Fsp3) is 0.350. The quantitative estimate of drug-likeness (QED) is 0.813. The largest absolute Gasteiger partial charge is 0.486 e. The Morgan fingerprint density at radius 2 is 1.83 bits per heavy atom. The lowest BCUT2D eigenvalue weighted by Gasteiger charge is -2.44.